The van der Waals surface area contributed by atoms with E-state index in [1.54, 1.807) is 18.4 Å². The summed E-state index contributed by atoms with van der Waals surface area (Å²) in [4.78, 5) is 32.5. The van der Waals surface area contributed by atoms with Gasteiger partial charge in [0.05, 0.1) is 29.3 Å². The van der Waals surface area contributed by atoms with Crippen LogP contribution in [0.4, 0.5) is 0 Å². The number of aromatic nitrogens is 1. The van der Waals surface area contributed by atoms with E-state index in [4.69, 9.17) is 0 Å². The molecule has 0 spiro atoms. The van der Waals surface area contributed by atoms with Crippen LogP contribution in [-0.4, -0.2) is 59.3 Å². The molecule has 0 fully saturated rings. The van der Waals surface area contributed by atoms with E-state index in [9.17, 15) is 9.59 Å². The molecule has 2 rings (SSSR count). The molecule has 1 heterocycles. The van der Waals surface area contributed by atoms with Crippen LogP contribution < -0.4 is 5.32 Å². The largest absolute Gasteiger partial charge is 0.350 e. The van der Waals surface area contributed by atoms with Crippen molar-refractivity contribution in [2.75, 3.05) is 27.2 Å². The number of para-hydroxylation sites is 1. The van der Waals surface area contributed by atoms with Crippen molar-refractivity contribution in [1.29, 1.82) is 0 Å². The smallest absolute Gasteiger partial charge is 0.240 e. The number of thiazole rings is 1. The Labute approximate surface area is 159 Å². The second kappa shape index (κ2) is 8.14. The molecule has 0 aliphatic rings. The standard InChI is InChI=1S/C19H28N4O2S/c1-13(18-20-14-9-7-8-10-15(14)26-18)22(5)12-17(25)23(6)11-16(24)21-19(2,3)4/h7-10,13H,11-12H2,1-6H3,(H,21,24)/t13-/m0/s1. The quantitative estimate of drug-likeness (QED) is 0.842. The van der Waals surface area contributed by atoms with Crippen LogP contribution in [0.1, 0.15) is 38.7 Å². The number of benzene rings is 1. The van der Waals surface area contributed by atoms with E-state index in [0.29, 0.717) is 0 Å². The van der Waals surface area contributed by atoms with Crippen LogP contribution in [0.15, 0.2) is 24.3 Å². The zero-order valence-corrected chi connectivity index (χ0v) is 17.2. The van der Waals surface area contributed by atoms with Gasteiger partial charge in [0.15, 0.2) is 0 Å². The first-order valence-electron chi connectivity index (χ1n) is 8.67. The maximum absolute atomic E-state index is 12.4. The van der Waals surface area contributed by atoms with Gasteiger partial charge in [-0.1, -0.05) is 12.1 Å². The van der Waals surface area contributed by atoms with Gasteiger partial charge in [-0.2, -0.15) is 0 Å². The van der Waals surface area contributed by atoms with Gasteiger partial charge in [0.2, 0.25) is 11.8 Å². The van der Waals surface area contributed by atoms with E-state index < -0.39 is 0 Å². The number of rotatable bonds is 6. The van der Waals surface area contributed by atoms with Gasteiger partial charge in [-0.15, -0.1) is 11.3 Å². The van der Waals surface area contributed by atoms with Crippen molar-refractivity contribution in [2.45, 2.75) is 39.3 Å². The molecular weight excluding hydrogens is 348 g/mol. The Hall–Kier alpha value is -1.99. The summed E-state index contributed by atoms with van der Waals surface area (Å²) in [6.45, 7) is 8.08. The fraction of sp³-hybridized carbons (Fsp3) is 0.526. The number of hydrogen-bond donors (Lipinski definition) is 1. The van der Waals surface area contributed by atoms with Gasteiger partial charge in [0.25, 0.3) is 0 Å². The molecule has 7 heteroatoms. The van der Waals surface area contributed by atoms with Crippen molar-refractivity contribution in [3.63, 3.8) is 0 Å². The number of carbonyl (C=O) groups excluding carboxylic acids is 2. The highest BCUT2D eigenvalue weighted by molar-refractivity contribution is 7.18. The normalized spacial score (nSPS) is 13.0. The van der Waals surface area contributed by atoms with Crippen molar-refractivity contribution < 1.29 is 9.59 Å². The average Bonchev–Trinajstić information content (AvgIpc) is 2.95. The summed E-state index contributed by atoms with van der Waals surface area (Å²) in [5.41, 5.74) is 0.675. The number of likely N-dealkylation sites (N-methyl/N-ethyl adjacent to an activating group) is 2. The molecule has 6 nitrogen and oxygen atoms in total. The molecule has 0 radical (unpaired) electrons. The number of fused-ring (bicyclic) bond motifs is 1. The van der Waals surface area contributed by atoms with Crippen LogP contribution in [0, 0.1) is 0 Å². The summed E-state index contributed by atoms with van der Waals surface area (Å²) in [5, 5.41) is 3.85. The number of amides is 2. The Kier molecular flexibility index (Phi) is 6.36. The molecule has 0 bridgehead atoms. The first-order chi connectivity index (χ1) is 12.1. The van der Waals surface area contributed by atoms with Crippen molar-refractivity contribution in [2.24, 2.45) is 0 Å². The SMILES string of the molecule is C[C@@H](c1nc2ccccc2s1)N(C)CC(=O)N(C)CC(=O)NC(C)(C)C. The third-order valence-electron chi connectivity index (χ3n) is 4.03. The molecule has 142 valence electrons. The second-order valence-corrected chi connectivity index (χ2v) is 8.72. The lowest BCUT2D eigenvalue weighted by atomic mass is 10.1. The zero-order valence-electron chi connectivity index (χ0n) is 16.4. The third kappa shape index (κ3) is 5.51. The van der Waals surface area contributed by atoms with E-state index in [1.807, 2.05) is 57.8 Å². The Morgan fingerprint density at radius 2 is 1.85 bits per heavy atom. The molecule has 1 aromatic carbocycles. The van der Waals surface area contributed by atoms with Crippen LogP contribution in [-0.2, 0) is 9.59 Å². The molecule has 0 aliphatic carbocycles. The highest BCUT2D eigenvalue weighted by atomic mass is 32.1. The van der Waals surface area contributed by atoms with E-state index in [-0.39, 0.29) is 36.5 Å². The predicted molar refractivity (Wildman–Crippen MR) is 106 cm³/mol. The van der Waals surface area contributed by atoms with Gasteiger partial charge < -0.3 is 10.2 Å². The second-order valence-electron chi connectivity index (χ2n) is 7.66. The van der Waals surface area contributed by atoms with E-state index in [1.165, 1.54) is 4.90 Å². The molecule has 26 heavy (non-hydrogen) atoms. The molecule has 0 saturated carbocycles. The fourth-order valence-corrected chi connectivity index (χ4v) is 3.57. The fourth-order valence-electron chi connectivity index (χ4n) is 2.49. The lowest BCUT2D eigenvalue weighted by Crippen LogP contribution is -2.47. The summed E-state index contributed by atoms with van der Waals surface area (Å²) in [6, 6.07) is 8.04. The molecule has 2 amide bonds. The summed E-state index contributed by atoms with van der Waals surface area (Å²) < 4.78 is 1.14. The van der Waals surface area contributed by atoms with Crippen LogP contribution in [0.2, 0.25) is 0 Å². The summed E-state index contributed by atoms with van der Waals surface area (Å²) in [7, 11) is 3.55. The minimum atomic E-state index is -0.306. The summed E-state index contributed by atoms with van der Waals surface area (Å²) >= 11 is 1.64. The number of carbonyl (C=O) groups is 2. The minimum absolute atomic E-state index is 0.0214. The Morgan fingerprint density at radius 1 is 1.19 bits per heavy atom. The highest BCUT2D eigenvalue weighted by Gasteiger charge is 2.22. The van der Waals surface area contributed by atoms with Gasteiger partial charge in [-0.25, -0.2) is 4.98 Å². The van der Waals surface area contributed by atoms with Gasteiger partial charge in [-0.05, 0) is 46.9 Å². The Balaban J connectivity index is 1.93. The predicted octanol–water partition coefficient (Wildman–Crippen LogP) is 2.66. The minimum Gasteiger partial charge on any atom is -0.350 e. The van der Waals surface area contributed by atoms with Gasteiger partial charge in [0.1, 0.15) is 5.01 Å². The van der Waals surface area contributed by atoms with Gasteiger partial charge >= 0.3 is 0 Å². The molecular formula is C19H28N4O2S. The lowest BCUT2D eigenvalue weighted by molar-refractivity contribution is -0.136. The topological polar surface area (TPSA) is 65.5 Å². The lowest BCUT2D eigenvalue weighted by Gasteiger charge is -2.26. The molecule has 1 aromatic heterocycles. The molecule has 1 atom stereocenters. The van der Waals surface area contributed by atoms with Crippen LogP contribution >= 0.6 is 11.3 Å². The zero-order chi connectivity index (χ0) is 19.5. The molecule has 1 N–H and O–H groups in total. The molecule has 0 saturated heterocycles. The summed E-state index contributed by atoms with van der Waals surface area (Å²) in [5.74, 6) is -0.250. The maximum Gasteiger partial charge on any atom is 0.240 e. The van der Waals surface area contributed by atoms with Gasteiger partial charge in [0, 0.05) is 12.6 Å². The van der Waals surface area contributed by atoms with E-state index in [0.717, 1.165) is 15.2 Å². The number of hydrogen-bond acceptors (Lipinski definition) is 5. The van der Waals surface area contributed by atoms with Crippen molar-refractivity contribution in [3.8, 4) is 0 Å². The van der Waals surface area contributed by atoms with Crippen molar-refractivity contribution in [1.82, 2.24) is 20.1 Å². The Bertz CT molecular complexity index is 748. The van der Waals surface area contributed by atoms with Crippen molar-refractivity contribution in [3.05, 3.63) is 29.3 Å². The first-order valence-corrected chi connectivity index (χ1v) is 9.49. The summed E-state index contributed by atoms with van der Waals surface area (Å²) in [6.07, 6.45) is 0. The van der Waals surface area contributed by atoms with Gasteiger partial charge in [-0.3, -0.25) is 14.5 Å². The van der Waals surface area contributed by atoms with Crippen LogP contribution in [0.3, 0.4) is 0 Å². The third-order valence-corrected chi connectivity index (χ3v) is 5.24. The van der Waals surface area contributed by atoms with Crippen LogP contribution in [0.5, 0.6) is 0 Å². The molecule has 0 aliphatic heterocycles. The average molecular weight is 377 g/mol. The molecule has 2 aromatic rings. The van der Waals surface area contributed by atoms with Crippen molar-refractivity contribution >= 4 is 33.4 Å². The van der Waals surface area contributed by atoms with E-state index in [2.05, 4.69) is 16.4 Å². The van der Waals surface area contributed by atoms with Crippen LogP contribution in [0.25, 0.3) is 10.2 Å². The Morgan fingerprint density at radius 3 is 2.46 bits per heavy atom. The molecule has 0 unspecified atom stereocenters. The highest BCUT2D eigenvalue weighted by Crippen LogP contribution is 2.28. The number of nitrogens with zero attached hydrogens (tertiary/aromatic N) is 3. The monoisotopic (exact) mass is 376 g/mol. The first kappa shape index (κ1) is 20.3. The number of nitrogens with one attached hydrogen (secondary N) is 1. The maximum atomic E-state index is 12.4. The van der Waals surface area contributed by atoms with E-state index >= 15 is 0 Å².